The molecular formula is C26H23Cl2N7O3S2. The molecule has 2 aliphatic rings. The van der Waals surface area contributed by atoms with Crippen LogP contribution in [0.2, 0.25) is 10.0 Å². The summed E-state index contributed by atoms with van der Waals surface area (Å²) in [4.78, 5) is 27.7. The second-order valence-electron chi connectivity index (χ2n) is 10.2. The summed E-state index contributed by atoms with van der Waals surface area (Å²) in [6.07, 6.45) is 0.814. The van der Waals surface area contributed by atoms with Gasteiger partial charge in [0.1, 0.15) is 11.6 Å². The highest BCUT2D eigenvalue weighted by Gasteiger charge is 2.46. The van der Waals surface area contributed by atoms with Gasteiger partial charge in [0.25, 0.3) is 0 Å². The van der Waals surface area contributed by atoms with Crippen LogP contribution in [0.5, 0.6) is 0 Å². The number of halogens is 2. The summed E-state index contributed by atoms with van der Waals surface area (Å²) in [6, 6.07) is 8.81. The molecule has 1 aromatic carbocycles. The third-order valence-corrected chi connectivity index (χ3v) is 9.07. The summed E-state index contributed by atoms with van der Waals surface area (Å²) in [5.74, 6) is 0.00375. The lowest BCUT2D eigenvalue weighted by Crippen LogP contribution is -2.42. The molecule has 1 atom stereocenters. The number of anilines is 2. The Hall–Kier alpha value is -3.37. The van der Waals surface area contributed by atoms with Crippen molar-refractivity contribution in [3.63, 3.8) is 0 Å². The normalized spacial score (nSPS) is 18.6. The van der Waals surface area contributed by atoms with E-state index in [9.17, 15) is 14.9 Å². The van der Waals surface area contributed by atoms with Gasteiger partial charge in [-0.3, -0.25) is 14.5 Å². The summed E-state index contributed by atoms with van der Waals surface area (Å²) >= 11 is 15.1. The van der Waals surface area contributed by atoms with Gasteiger partial charge in [-0.1, -0.05) is 71.4 Å². The molecule has 3 N–H and O–H groups in total. The van der Waals surface area contributed by atoms with E-state index < -0.39 is 5.92 Å². The highest BCUT2D eigenvalue weighted by Crippen LogP contribution is 2.51. The van der Waals surface area contributed by atoms with Gasteiger partial charge in [-0.15, -0.1) is 10.2 Å². The molecule has 14 heteroatoms. The van der Waals surface area contributed by atoms with Gasteiger partial charge in [-0.05, 0) is 36.5 Å². The highest BCUT2D eigenvalue weighted by atomic mass is 35.5. The minimum Gasteiger partial charge on any atom is -0.384 e. The van der Waals surface area contributed by atoms with Crippen LogP contribution in [0, 0.1) is 23.7 Å². The van der Waals surface area contributed by atoms with Crippen molar-refractivity contribution in [1.82, 2.24) is 15.4 Å². The number of rotatable bonds is 6. The van der Waals surface area contributed by atoms with E-state index >= 15 is 0 Å². The molecule has 1 aliphatic carbocycles. The molecule has 1 amide bonds. The number of carbonyl (C=O) groups is 2. The largest absolute Gasteiger partial charge is 0.384 e. The Morgan fingerprint density at radius 1 is 1.32 bits per heavy atom. The summed E-state index contributed by atoms with van der Waals surface area (Å²) in [5.41, 5.74) is 8.17. The monoisotopic (exact) mass is 615 g/mol. The molecule has 1 aliphatic heterocycles. The van der Waals surface area contributed by atoms with E-state index in [0.29, 0.717) is 60.8 Å². The third-order valence-electron chi connectivity index (χ3n) is 6.46. The number of amides is 1. The number of carbonyl (C=O) groups excluding carboxylic acids is 2. The molecular weight excluding hydrogens is 593 g/mol. The lowest BCUT2D eigenvalue weighted by Gasteiger charge is -2.42. The van der Waals surface area contributed by atoms with E-state index in [-0.39, 0.29) is 34.3 Å². The number of nitrogens with zero attached hydrogens (tertiary/aromatic N) is 5. The van der Waals surface area contributed by atoms with E-state index in [1.54, 1.807) is 36.1 Å². The molecule has 2 aromatic heterocycles. The third kappa shape index (κ3) is 5.47. The van der Waals surface area contributed by atoms with E-state index in [2.05, 4.69) is 26.7 Å². The van der Waals surface area contributed by atoms with Crippen LogP contribution >= 0.6 is 46.3 Å². The Kier molecular flexibility index (Phi) is 7.67. The van der Waals surface area contributed by atoms with Crippen molar-refractivity contribution < 1.29 is 14.1 Å². The zero-order valence-electron chi connectivity index (χ0n) is 21.6. The first kappa shape index (κ1) is 28.2. The Morgan fingerprint density at radius 2 is 2.10 bits per heavy atom. The van der Waals surface area contributed by atoms with Crippen molar-refractivity contribution in [2.45, 2.75) is 43.9 Å². The van der Waals surface area contributed by atoms with Crippen LogP contribution in [0.3, 0.4) is 0 Å². The van der Waals surface area contributed by atoms with E-state index in [1.807, 2.05) is 13.8 Å². The average molecular weight is 617 g/mol. The predicted octanol–water partition coefficient (Wildman–Crippen LogP) is 5.81. The van der Waals surface area contributed by atoms with Crippen molar-refractivity contribution in [1.29, 1.82) is 5.26 Å². The molecule has 0 spiro atoms. The zero-order valence-corrected chi connectivity index (χ0v) is 24.8. The number of aromatic nitrogens is 3. The summed E-state index contributed by atoms with van der Waals surface area (Å²) in [5, 5.41) is 26.4. The van der Waals surface area contributed by atoms with Gasteiger partial charge in [0.15, 0.2) is 15.9 Å². The fourth-order valence-electron chi connectivity index (χ4n) is 4.86. The van der Waals surface area contributed by atoms with E-state index in [0.717, 1.165) is 0 Å². The molecule has 0 saturated carbocycles. The first-order chi connectivity index (χ1) is 19.0. The van der Waals surface area contributed by atoms with Gasteiger partial charge >= 0.3 is 0 Å². The van der Waals surface area contributed by atoms with Crippen LogP contribution in [0.25, 0.3) is 0 Å². The number of hydrogen-bond donors (Lipinski definition) is 2. The molecule has 0 bridgehead atoms. The number of nitrogens with two attached hydrogens (primary N) is 1. The fraction of sp³-hybridized carbons (Fsp3) is 0.308. The number of nitrogens with one attached hydrogen (secondary N) is 1. The number of aryl methyl sites for hydroxylation is 1. The van der Waals surface area contributed by atoms with Gasteiger partial charge in [0, 0.05) is 33.8 Å². The van der Waals surface area contributed by atoms with E-state index in [1.165, 1.54) is 23.1 Å². The summed E-state index contributed by atoms with van der Waals surface area (Å²) in [7, 11) is 0. The van der Waals surface area contributed by atoms with Gasteiger partial charge in [0.05, 0.1) is 23.3 Å². The van der Waals surface area contributed by atoms with Crippen molar-refractivity contribution >= 4 is 68.9 Å². The number of benzene rings is 1. The number of ketones is 1. The number of thioether (sulfide) groups is 1. The first-order valence-electron chi connectivity index (χ1n) is 12.1. The SMILES string of the molecule is Cc1cc(NC(=O)CSc2nnc(N3C(N)=C(C#N)C(c4ccc(Cl)cc4Cl)C4=C3CC(C)(C)CC4=O)s2)no1. The Morgan fingerprint density at radius 3 is 2.77 bits per heavy atom. The lowest BCUT2D eigenvalue weighted by molar-refractivity contribution is -0.118. The molecule has 3 aromatic rings. The van der Waals surface area contributed by atoms with Crippen molar-refractivity contribution in [2.75, 3.05) is 16.0 Å². The summed E-state index contributed by atoms with van der Waals surface area (Å²) in [6.45, 7) is 5.74. The Labute approximate surface area is 248 Å². The standard InChI is InChI=1S/C26H23Cl2N7O3S2/c1-12-6-19(34-38-12)31-20(37)11-39-25-33-32-24(40-25)35-17-8-26(2,3)9-18(36)22(17)21(15(10-29)23(35)30)14-5-4-13(27)7-16(14)28/h4-7,21H,8-9,11,30H2,1-3H3,(H,31,34,37). The van der Waals surface area contributed by atoms with Gasteiger partial charge in [-0.25, -0.2) is 0 Å². The highest BCUT2D eigenvalue weighted by molar-refractivity contribution is 8.01. The number of nitriles is 1. The maximum atomic E-state index is 13.7. The van der Waals surface area contributed by atoms with Crippen molar-refractivity contribution in [2.24, 2.45) is 11.1 Å². The second kappa shape index (κ2) is 10.9. The first-order valence-corrected chi connectivity index (χ1v) is 14.6. The Balaban J connectivity index is 1.50. The molecule has 0 fully saturated rings. The molecule has 10 nitrogen and oxygen atoms in total. The maximum absolute atomic E-state index is 13.7. The predicted molar refractivity (Wildman–Crippen MR) is 154 cm³/mol. The quantitative estimate of drug-likeness (QED) is 0.325. The smallest absolute Gasteiger partial charge is 0.236 e. The zero-order chi connectivity index (χ0) is 28.8. The van der Waals surface area contributed by atoms with Crippen molar-refractivity contribution in [3.8, 4) is 6.07 Å². The fourth-order valence-corrected chi connectivity index (χ4v) is 7.05. The van der Waals surface area contributed by atoms with Crippen LogP contribution in [0.4, 0.5) is 10.9 Å². The summed E-state index contributed by atoms with van der Waals surface area (Å²) < 4.78 is 5.47. The van der Waals surface area contributed by atoms with Crippen molar-refractivity contribution in [3.05, 3.63) is 68.3 Å². The number of hydrogen-bond acceptors (Lipinski definition) is 11. The van der Waals surface area contributed by atoms with Crippen LogP contribution in [0.1, 0.15) is 43.9 Å². The molecule has 1 unspecified atom stereocenters. The minimum atomic E-state index is -0.741. The van der Waals surface area contributed by atoms with Gasteiger partial charge in [-0.2, -0.15) is 5.26 Å². The van der Waals surface area contributed by atoms with Crippen LogP contribution < -0.4 is 16.0 Å². The average Bonchev–Trinajstić information content (AvgIpc) is 3.50. The van der Waals surface area contributed by atoms with Crippen LogP contribution in [-0.4, -0.2) is 32.8 Å². The number of allylic oxidation sites excluding steroid dienone is 3. The number of Topliss-reactive ketones (excluding diaryl/α,β-unsaturated/α-hetero) is 1. The lowest BCUT2D eigenvalue weighted by atomic mass is 9.68. The molecule has 40 heavy (non-hydrogen) atoms. The minimum absolute atomic E-state index is 0.0614. The molecule has 0 saturated heterocycles. The van der Waals surface area contributed by atoms with Crippen LogP contribution in [0.15, 0.2) is 55.8 Å². The molecule has 206 valence electrons. The topological polar surface area (TPSA) is 151 Å². The molecule has 0 radical (unpaired) electrons. The molecule has 3 heterocycles. The Bertz CT molecular complexity index is 1640. The van der Waals surface area contributed by atoms with Gasteiger partial charge < -0.3 is 15.6 Å². The van der Waals surface area contributed by atoms with Gasteiger partial charge in [0.2, 0.25) is 11.0 Å². The maximum Gasteiger partial charge on any atom is 0.236 e. The van der Waals surface area contributed by atoms with E-state index in [4.69, 9.17) is 33.5 Å². The second-order valence-corrected chi connectivity index (χ2v) is 13.2. The molecule has 5 rings (SSSR count). The van der Waals surface area contributed by atoms with Crippen LogP contribution in [-0.2, 0) is 9.59 Å².